The van der Waals surface area contributed by atoms with Crippen LogP contribution in [0, 0.1) is 5.82 Å². The Labute approximate surface area is 101 Å². The van der Waals surface area contributed by atoms with Crippen LogP contribution in [-0.4, -0.2) is 14.2 Å². The zero-order valence-corrected chi connectivity index (χ0v) is 10.6. The predicted octanol–water partition coefficient (Wildman–Crippen LogP) is 2.52. The lowest BCUT2D eigenvalue weighted by molar-refractivity contribution is 0.347. The zero-order valence-electron chi connectivity index (χ0n) is 10.6. The average molecular weight is 239 g/mol. The third kappa shape index (κ3) is 1.67. The van der Waals surface area contributed by atoms with Gasteiger partial charge in [0.05, 0.1) is 14.2 Å². The van der Waals surface area contributed by atoms with Gasteiger partial charge in [-0.2, -0.15) is 0 Å². The van der Waals surface area contributed by atoms with E-state index in [9.17, 15) is 4.39 Å². The summed E-state index contributed by atoms with van der Waals surface area (Å²) in [7, 11) is 3.05. The Bertz CT molecular complexity index is 457. The van der Waals surface area contributed by atoms with Crippen molar-refractivity contribution in [1.29, 1.82) is 0 Å². The lowest BCUT2D eigenvalue weighted by Gasteiger charge is -2.20. The molecule has 1 aromatic rings. The van der Waals surface area contributed by atoms with Crippen molar-refractivity contribution in [3.05, 3.63) is 23.0 Å². The highest BCUT2D eigenvalue weighted by atomic mass is 19.1. The van der Waals surface area contributed by atoms with E-state index in [4.69, 9.17) is 15.2 Å². The Kier molecular flexibility index (Phi) is 2.78. The first kappa shape index (κ1) is 12.2. The highest BCUT2D eigenvalue weighted by molar-refractivity contribution is 5.57. The fourth-order valence-electron chi connectivity index (χ4n) is 2.79. The molecule has 0 unspecified atom stereocenters. The minimum Gasteiger partial charge on any atom is -0.493 e. The Balaban J connectivity index is 2.76. The lowest BCUT2D eigenvalue weighted by atomic mass is 9.86. The Hall–Kier alpha value is -1.29. The fraction of sp³-hybridized carbons (Fsp3) is 0.538. The Morgan fingerprint density at radius 3 is 2.53 bits per heavy atom. The van der Waals surface area contributed by atoms with Gasteiger partial charge in [-0.25, -0.2) is 4.39 Å². The van der Waals surface area contributed by atoms with Crippen molar-refractivity contribution in [2.75, 3.05) is 14.2 Å². The van der Waals surface area contributed by atoms with Gasteiger partial charge in [0.2, 0.25) is 0 Å². The fourth-order valence-corrected chi connectivity index (χ4v) is 2.79. The summed E-state index contributed by atoms with van der Waals surface area (Å²) in [6, 6.07) is 1.16. The van der Waals surface area contributed by atoms with Gasteiger partial charge in [0.1, 0.15) is 5.82 Å². The molecular formula is C13H18FNO2. The summed E-state index contributed by atoms with van der Waals surface area (Å²) >= 11 is 0. The molecule has 0 amide bonds. The normalized spacial score (nSPS) is 21.2. The van der Waals surface area contributed by atoms with Crippen LogP contribution in [0.4, 0.5) is 4.39 Å². The number of halogens is 1. The van der Waals surface area contributed by atoms with Crippen LogP contribution in [0.25, 0.3) is 0 Å². The second-order valence-electron chi connectivity index (χ2n) is 5.08. The smallest absolute Gasteiger partial charge is 0.165 e. The first-order valence-electron chi connectivity index (χ1n) is 5.62. The summed E-state index contributed by atoms with van der Waals surface area (Å²) < 4.78 is 24.6. The highest BCUT2D eigenvalue weighted by Gasteiger charge is 2.41. The first-order chi connectivity index (χ1) is 7.92. The maximum absolute atomic E-state index is 14.1. The number of fused-ring (bicyclic) bond motifs is 1. The van der Waals surface area contributed by atoms with Crippen LogP contribution < -0.4 is 15.2 Å². The average Bonchev–Trinajstić information content (AvgIpc) is 2.49. The van der Waals surface area contributed by atoms with Gasteiger partial charge in [0, 0.05) is 23.2 Å². The minimum absolute atomic E-state index is 0.209. The standard InChI is InChI=1S/C13H18FNO2/c1-13(2)6-8(15)10-11(13)7(14)5-9(16-3)12(10)17-4/h5,8H,6,15H2,1-4H3/t8-/m0/s1. The summed E-state index contributed by atoms with van der Waals surface area (Å²) in [5.74, 6) is 0.689. The molecule has 0 heterocycles. The van der Waals surface area contributed by atoms with Gasteiger partial charge in [-0.15, -0.1) is 0 Å². The van der Waals surface area contributed by atoms with E-state index in [-0.39, 0.29) is 17.3 Å². The molecule has 0 saturated carbocycles. The maximum Gasteiger partial charge on any atom is 0.165 e. The van der Waals surface area contributed by atoms with Crippen molar-refractivity contribution in [1.82, 2.24) is 0 Å². The predicted molar refractivity (Wildman–Crippen MR) is 64.1 cm³/mol. The summed E-state index contributed by atoms with van der Waals surface area (Å²) in [6.45, 7) is 3.99. The molecule has 2 N–H and O–H groups in total. The minimum atomic E-state index is -0.268. The van der Waals surface area contributed by atoms with Gasteiger partial charge < -0.3 is 15.2 Å². The summed E-state index contributed by atoms with van der Waals surface area (Å²) in [6.07, 6.45) is 0.711. The van der Waals surface area contributed by atoms with Crippen LogP contribution in [0.15, 0.2) is 6.07 Å². The Morgan fingerprint density at radius 1 is 1.35 bits per heavy atom. The molecule has 2 rings (SSSR count). The van der Waals surface area contributed by atoms with Crippen molar-refractivity contribution in [3.63, 3.8) is 0 Å². The molecule has 0 bridgehead atoms. The number of hydrogen-bond acceptors (Lipinski definition) is 3. The van der Waals surface area contributed by atoms with E-state index in [1.54, 1.807) is 7.11 Å². The van der Waals surface area contributed by atoms with Gasteiger partial charge >= 0.3 is 0 Å². The molecule has 1 aliphatic carbocycles. The van der Waals surface area contributed by atoms with Crippen molar-refractivity contribution >= 4 is 0 Å². The van der Waals surface area contributed by atoms with E-state index in [1.165, 1.54) is 13.2 Å². The number of rotatable bonds is 2. The quantitative estimate of drug-likeness (QED) is 0.862. The monoisotopic (exact) mass is 239 g/mol. The molecule has 1 aliphatic rings. The number of ether oxygens (including phenoxy) is 2. The van der Waals surface area contributed by atoms with E-state index < -0.39 is 0 Å². The molecule has 4 heteroatoms. The van der Waals surface area contributed by atoms with E-state index in [1.807, 2.05) is 13.8 Å². The number of methoxy groups -OCH3 is 2. The number of benzene rings is 1. The second-order valence-corrected chi connectivity index (χ2v) is 5.08. The van der Waals surface area contributed by atoms with Gasteiger partial charge in [0.15, 0.2) is 11.5 Å². The van der Waals surface area contributed by atoms with Gasteiger partial charge in [-0.05, 0) is 11.8 Å². The molecule has 1 aromatic carbocycles. The van der Waals surface area contributed by atoms with Crippen LogP contribution in [-0.2, 0) is 5.41 Å². The molecular weight excluding hydrogens is 221 g/mol. The molecule has 17 heavy (non-hydrogen) atoms. The number of nitrogens with two attached hydrogens (primary N) is 1. The van der Waals surface area contributed by atoms with Crippen molar-refractivity contribution in [3.8, 4) is 11.5 Å². The number of hydrogen-bond donors (Lipinski definition) is 1. The first-order valence-corrected chi connectivity index (χ1v) is 5.62. The van der Waals surface area contributed by atoms with E-state index in [0.29, 0.717) is 23.5 Å². The summed E-state index contributed by atoms with van der Waals surface area (Å²) in [5, 5.41) is 0. The molecule has 94 valence electrons. The Morgan fingerprint density at radius 2 is 2.00 bits per heavy atom. The zero-order chi connectivity index (χ0) is 12.8. The molecule has 0 saturated heterocycles. The van der Waals surface area contributed by atoms with Crippen LogP contribution in [0.2, 0.25) is 0 Å². The third-order valence-electron chi connectivity index (χ3n) is 3.44. The van der Waals surface area contributed by atoms with Crippen LogP contribution in [0.1, 0.15) is 37.4 Å². The topological polar surface area (TPSA) is 44.5 Å². The largest absolute Gasteiger partial charge is 0.493 e. The molecule has 0 spiro atoms. The SMILES string of the molecule is COc1cc(F)c2c(c1OC)[C@@H](N)CC2(C)C. The van der Waals surface area contributed by atoms with Crippen molar-refractivity contribution in [2.45, 2.75) is 31.7 Å². The molecule has 0 radical (unpaired) electrons. The second kappa shape index (κ2) is 3.88. The van der Waals surface area contributed by atoms with Crippen molar-refractivity contribution in [2.24, 2.45) is 5.73 Å². The molecule has 0 aromatic heterocycles. The van der Waals surface area contributed by atoms with Crippen LogP contribution in [0.3, 0.4) is 0 Å². The molecule has 0 fully saturated rings. The van der Waals surface area contributed by atoms with E-state index in [0.717, 1.165) is 5.56 Å². The van der Waals surface area contributed by atoms with Crippen LogP contribution >= 0.6 is 0 Å². The van der Waals surface area contributed by atoms with Gasteiger partial charge in [-0.1, -0.05) is 13.8 Å². The van der Waals surface area contributed by atoms with Gasteiger partial charge in [0.25, 0.3) is 0 Å². The molecule has 0 aliphatic heterocycles. The molecule has 3 nitrogen and oxygen atoms in total. The van der Waals surface area contributed by atoms with Crippen molar-refractivity contribution < 1.29 is 13.9 Å². The third-order valence-corrected chi connectivity index (χ3v) is 3.44. The summed E-state index contributed by atoms with van der Waals surface area (Å²) in [4.78, 5) is 0. The van der Waals surface area contributed by atoms with E-state index in [2.05, 4.69) is 0 Å². The van der Waals surface area contributed by atoms with Crippen LogP contribution in [0.5, 0.6) is 11.5 Å². The molecule has 1 atom stereocenters. The van der Waals surface area contributed by atoms with E-state index >= 15 is 0 Å². The summed E-state index contributed by atoms with van der Waals surface area (Å²) in [5.41, 5.74) is 7.22. The lowest BCUT2D eigenvalue weighted by Crippen LogP contribution is -2.15. The van der Waals surface area contributed by atoms with Gasteiger partial charge in [-0.3, -0.25) is 0 Å². The maximum atomic E-state index is 14.1. The highest BCUT2D eigenvalue weighted by Crippen LogP contribution is 2.51.